The van der Waals surface area contributed by atoms with Gasteiger partial charge < -0.3 is 9.80 Å². The van der Waals surface area contributed by atoms with E-state index in [1.54, 1.807) is 0 Å². The van der Waals surface area contributed by atoms with Gasteiger partial charge in [0.05, 0.1) is 5.69 Å². The van der Waals surface area contributed by atoms with Crippen LogP contribution in [-0.4, -0.2) is 0 Å². The largest absolute Gasteiger partial charge is 0.313 e. The minimum atomic E-state index is -0.192. The van der Waals surface area contributed by atoms with Crippen LogP contribution in [0.15, 0.2) is 182 Å². The first-order valence-electron chi connectivity index (χ1n) is 20.0. The molecule has 2 heteroatoms. The Balaban J connectivity index is 1.01. The molecule has 1 heterocycles. The molecular formula is C54H44N2. The van der Waals surface area contributed by atoms with E-state index in [4.69, 9.17) is 0 Å². The fourth-order valence-corrected chi connectivity index (χ4v) is 10.2. The summed E-state index contributed by atoms with van der Waals surface area (Å²) in [5.74, 6) is 0.337. The predicted octanol–water partition coefficient (Wildman–Crippen LogP) is 14.5. The number of allylic oxidation sites excluding steroid dienone is 4. The second-order valence-electron chi connectivity index (χ2n) is 16.9. The molecule has 0 fully saturated rings. The molecule has 0 radical (unpaired) electrons. The van der Waals surface area contributed by atoms with Gasteiger partial charge in [0.15, 0.2) is 0 Å². The third-order valence-corrected chi connectivity index (χ3v) is 13.1. The highest BCUT2D eigenvalue weighted by atomic mass is 15.2. The van der Waals surface area contributed by atoms with Gasteiger partial charge in [-0.15, -0.1) is 0 Å². The van der Waals surface area contributed by atoms with Gasteiger partial charge >= 0.3 is 0 Å². The lowest BCUT2D eigenvalue weighted by Gasteiger charge is -2.30. The summed E-state index contributed by atoms with van der Waals surface area (Å²) in [6.45, 7) is 9.56. The molecule has 7 aromatic carbocycles. The zero-order valence-corrected chi connectivity index (χ0v) is 32.4. The minimum absolute atomic E-state index is 0.0761. The highest BCUT2D eigenvalue weighted by Crippen LogP contribution is 2.58. The van der Waals surface area contributed by atoms with Gasteiger partial charge in [-0.25, -0.2) is 0 Å². The lowest BCUT2D eigenvalue weighted by molar-refractivity contribution is 0.660. The molecule has 0 spiro atoms. The summed E-state index contributed by atoms with van der Waals surface area (Å²) in [5.41, 5.74) is 22.0. The predicted molar refractivity (Wildman–Crippen MR) is 235 cm³/mol. The summed E-state index contributed by atoms with van der Waals surface area (Å²) in [7, 11) is 0. The van der Waals surface area contributed by atoms with Crippen LogP contribution in [0, 0.1) is 0 Å². The van der Waals surface area contributed by atoms with Crippen molar-refractivity contribution in [3.63, 3.8) is 0 Å². The van der Waals surface area contributed by atoms with Crippen LogP contribution in [0.1, 0.15) is 67.9 Å². The van der Waals surface area contributed by atoms with Crippen molar-refractivity contribution >= 4 is 28.4 Å². The van der Waals surface area contributed by atoms with Crippen LogP contribution >= 0.6 is 0 Å². The lowest BCUT2D eigenvalue weighted by Crippen LogP contribution is -2.18. The summed E-state index contributed by atoms with van der Waals surface area (Å²) in [4.78, 5) is 4.97. The standard InChI is InChI=1S/C54H44N2/c1-53(2)47-21-13-11-19-41(47)42-29-27-39(31-48(42)53)55(37-17-9-6-10-18-37)40-28-30-43-45-33-46-44-20-12-14-22-51(44)56(52(46)34-50(45)54(3,4)49(43)32-40)38-25-23-36(24-26-38)35-15-7-5-8-16-35/h5-19,21-34,44H,20H2,1-4H3. The number of hydrogen-bond acceptors (Lipinski definition) is 2. The number of anilines is 5. The zero-order valence-electron chi connectivity index (χ0n) is 32.4. The van der Waals surface area contributed by atoms with Crippen LogP contribution in [0.5, 0.6) is 0 Å². The van der Waals surface area contributed by atoms with Crippen molar-refractivity contribution < 1.29 is 0 Å². The van der Waals surface area contributed by atoms with Gasteiger partial charge in [-0.05, 0) is 134 Å². The molecule has 56 heavy (non-hydrogen) atoms. The fourth-order valence-electron chi connectivity index (χ4n) is 10.2. The number of hydrogen-bond donors (Lipinski definition) is 0. The van der Waals surface area contributed by atoms with Crippen LogP contribution in [0.25, 0.3) is 33.4 Å². The maximum absolute atomic E-state index is 2.53. The smallest absolute Gasteiger partial charge is 0.0501 e. The van der Waals surface area contributed by atoms with E-state index in [-0.39, 0.29) is 10.8 Å². The topological polar surface area (TPSA) is 6.48 Å². The Labute approximate surface area is 330 Å². The van der Waals surface area contributed by atoms with E-state index in [0.717, 1.165) is 12.1 Å². The average Bonchev–Trinajstić information content (AvgIpc) is 3.77. The van der Waals surface area contributed by atoms with E-state index >= 15 is 0 Å². The number of rotatable bonds is 5. The van der Waals surface area contributed by atoms with Crippen molar-refractivity contribution in [2.24, 2.45) is 0 Å². The molecule has 2 nitrogen and oxygen atoms in total. The van der Waals surface area contributed by atoms with Gasteiger partial charge in [0.2, 0.25) is 0 Å². The molecule has 0 aromatic heterocycles. The summed E-state index contributed by atoms with van der Waals surface area (Å²) < 4.78 is 0. The van der Waals surface area contributed by atoms with Crippen molar-refractivity contribution in [2.75, 3.05) is 9.80 Å². The molecule has 0 N–H and O–H groups in total. The summed E-state index contributed by atoms with van der Waals surface area (Å²) >= 11 is 0. The molecule has 4 aliphatic rings. The van der Waals surface area contributed by atoms with Gasteiger partial charge in [-0.1, -0.05) is 137 Å². The van der Waals surface area contributed by atoms with Gasteiger partial charge in [-0.3, -0.25) is 0 Å². The number of fused-ring (bicyclic) bond motifs is 9. The molecule has 1 unspecified atom stereocenters. The molecular weight excluding hydrogens is 677 g/mol. The van der Waals surface area contributed by atoms with Crippen molar-refractivity contribution in [1.82, 2.24) is 0 Å². The first kappa shape index (κ1) is 33.0. The highest BCUT2D eigenvalue weighted by molar-refractivity contribution is 5.91. The highest BCUT2D eigenvalue weighted by Gasteiger charge is 2.42. The quantitative estimate of drug-likeness (QED) is 0.175. The van der Waals surface area contributed by atoms with Crippen molar-refractivity contribution in [3.05, 3.63) is 209 Å². The van der Waals surface area contributed by atoms with Crippen LogP contribution < -0.4 is 9.80 Å². The molecule has 11 rings (SSSR count). The minimum Gasteiger partial charge on any atom is -0.313 e. The molecule has 0 saturated heterocycles. The van der Waals surface area contributed by atoms with Crippen LogP contribution in [0.2, 0.25) is 0 Å². The maximum atomic E-state index is 2.53. The van der Waals surface area contributed by atoms with E-state index in [1.165, 1.54) is 89.6 Å². The van der Waals surface area contributed by atoms with Crippen molar-refractivity contribution in [3.8, 4) is 33.4 Å². The normalized spacial score (nSPS) is 17.3. The van der Waals surface area contributed by atoms with Crippen LogP contribution in [0.4, 0.5) is 28.4 Å². The SMILES string of the molecule is CC1(C)c2ccccc2-c2ccc(N(c3ccccc3)c3ccc4c(c3)C(C)(C)c3cc5c(cc3-4)C3CC=CC=C3N5c3ccc(-c4ccccc4)cc3)cc21. The fraction of sp³-hybridized carbons (Fsp3) is 0.148. The molecule has 0 saturated carbocycles. The number of nitrogens with zero attached hydrogens (tertiary/aromatic N) is 2. The molecule has 1 aliphatic heterocycles. The lowest BCUT2D eigenvalue weighted by atomic mass is 9.81. The second kappa shape index (κ2) is 12.1. The Morgan fingerprint density at radius 1 is 0.500 bits per heavy atom. The van der Waals surface area contributed by atoms with E-state index in [1.807, 2.05) is 0 Å². The van der Waals surface area contributed by atoms with Gasteiger partial charge in [0.25, 0.3) is 0 Å². The van der Waals surface area contributed by atoms with Crippen LogP contribution in [-0.2, 0) is 10.8 Å². The van der Waals surface area contributed by atoms with Crippen LogP contribution in [0.3, 0.4) is 0 Å². The Hall–Kier alpha value is -6.38. The zero-order chi connectivity index (χ0) is 37.8. The Morgan fingerprint density at radius 3 is 1.79 bits per heavy atom. The Morgan fingerprint density at radius 2 is 1.07 bits per heavy atom. The third-order valence-electron chi connectivity index (χ3n) is 13.1. The average molecular weight is 721 g/mol. The Bertz CT molecular complexity index is 2770. The first-order chi connectivity index (χ1) is 27.3. The second-order valence-corrected chi connectivity index (χ2v) is 16.9. The van der Waals surface area contributed by atoms with Gasteiger partial charge in [0, 0.05) is 45.2 Å². The monoisotopic (exact) mass is 720 g/mol. The number of benzene rings is 7. The molecule has 3 aliphatic carbocycles. The summed E-state index contributed by atoms with van der Waals surface area (Å²) in [6.07, 6.45) is 7.90. The van der Waals surface area contributed by atoms with Crippen molar-refractivity contribution in [1.29, 1.82) is 0 Å². The third kappa shape index (κ3) is 4.75. The molecule has 0 amide bonds. The summed E-state index contributed by atoms with van der Waals surface area (Å²) in [6, 6.07) is 58.9. The maximum Gasteiger partial charge on any atom is 0.0501 e. The van der Waals surface area contributed by atoms with E-state index < -0.39 is 0 Å². The van der Waals surface area contributed by atoms with E-state index in [9.17, 15) is 0 Å². The molecule has 1 atom stereocenters. The molecule has 270 valence electrons. The van der Waals surface area contributed by atoms with E-state index in [0.29, 0.717) is 5.92 Å². The molecule has 7 aromatic rings. The first-order valence-corrected chi connectivity index (χ1v) is 20.0. The number of para-hydroxylation sites is 1. The van der Waals surface area contributed by atoms with E-state index in [2.05, 4.69) is 213 Å². The van der Waals surface area contributed by atoms with Gasteiger partial charge in [0.1, 0.15) is 0 Å². The Kier molecular flexibility index (Phi) is 7.11. The van der Waals surface area contributed by atoms with Crippen molar-refractivity contribution in [2.45, 2.75) is 50.9 Å². The van der Waals surface area contributed by atoms with Gasteiger partial charge in [-0.2, -0.15) is 0 Å². The molecule has 0 bridgehead atoms. The summed E-state index contributed by atoms with van der Waals surface area (Å²) in [5, 5.41) is 0.